The average Bonchev–Trinajstić information content (AvgIpc) is 2.94. The maximum atomic E-state index is 13.0. The van der Waals surface area contributed by atoms with Gasteiger partial charge >= 0.3 is 0 Å². The molecule has 1 aliphatic rings. The van der Waals surface area contributed by atoms with Gasteiger partial charge in [-0.2, -0.15) is 5.10 Å². The minimum absolute atomic E-state index is 0.0429. The number of benzene rings is 1. The SMILES string of the molecule is Cc1cnn(CCCN2CCO[C@@H](c3ccc(F)cc3)C2)c1. The summed E-state index contributed by atoms with van der Waals surface area (Å²) in [5.74, 6) is -0.203. The van der Waals surface area contributed by atoms with E-state index in [1.807, 2.05) is 23.0 Å². The lowest BCUT2D eigenvalue weighted by Crippen LogP contribution is -2.39. The van der Waals surface area contributed by atoms with Crippen molar-refractivity contribution >= 4 is 0 Å². The molecule has 4 nitrogen and oxygen atoms in total. The lowest BCUT2D eigenvalue weighted by molar-refractivity contribution is -0.0305. The summed E-state index contributed by atoms with van der Waals surface area (Å²) in [5, 5.41) is 4.31. The summed E-state index contributed by atoms with van der Waals surface area (Å²) in [4.78, 5) is 2.41. The molecule has 1 saturated heterocycles. The Hall–Kier alpha value is -1.72. The van der Waals surface area contributed by atoms with E-state index in [1.54, 1.807) is 0 Å². The van der Waals surface area contributed by atoms with Crippen LogP contribution in [0.15, 0.2) is 36.7 Å². The molecule has 1 aromatic carbocycles. The van der Waals surface area contributed by atoms with Gasteiger partial charge in [-0.1, -0.05) is 12.1 Å². The van der Waals surface area contributed by atoms with Crippen molar-refractivity contribution in [2.75, 3.05) is 26.2 Å². The molecule has 0 amide bonds. The van der Waals surface area contributed by atoms with E-state index in [0.29, 0.717) is 0 Å². The molecule has 1 fully saturated rings. The van der Waals surface area contributed by atoms with E-state index in [9.17, 15) is 4.39 Å². The summed E-state index contributed by atoms with van der Waals surface area (Å²) in [5.41, 5.74) is 2.25. The number of morpholine rings is 1. The van der Waals surface area contributed by atoms with Gasteiger partial charge in [0, 0.05) is 32.4 Å². The quantitative estimate of drug-likeness (QED) is 0.851. The number of hydrogen-bond donors (Lipinski definition) is 0. The van der Waals surface area contributed by atoms with Crippen LogP contribution in [0, 0.1) is 12.7 Å². The molecule has 22 heavy (non-hydrogen) atoms. The smallest absolute Gasteiger partial charge is 0.123 e. The Labute approximate surface area is 130 Å². The van der Waals surface area contributed by atoms with Crippen molar-refractivity contribution in [3.05, 3.63) is 53.6 Å². The summed E-state index contributed by atoms with van der Waals surface area (Å²) in [6.45, 7) is 6.56. The second kappa shape index (κ2) is 7.03. The van der Waals surface area contributed by atoms with Gasteiger partial charge in [0.25, 0.3) is 0 Å². The third-order valence-electron chi connectivity index (χ3n) is 4.02. The minimum Gasteiger partial charge on any atom is -0.371 e. The van der Waals surface area contributed by atoms with Gasteiger partial charge in [-0.15, -0.1) is 0 Å². The number of nitrogens with zero attached hydrogens (tertiary/aromatic N) is 3. The van der Waals surface area contributed by atoms with Gasteiger partial charge in [0.1, 0.15) is 5.82 Å². The Balaban J connectivity index is 1.49. The minimum atomic E-state index is -0.203. The highest BCUT2D eigenvalue weighted by atomic mass is 19.1. The first kappa shape index (κ1) is 15.2. The molecular formula is C17H22FN3O. The van der Waals surface area contributed by atoms with Crippen LogP contribution in [0.25, 0.3) is 0 Å². The average molecular weight is 303 g/mol. The molecule has 0 spiro atoms. The van der Waals surface area contributed by atoms with Crippen LogP contribution in [0.4, 0.5) is 4.39 Å². The van der Waals surface area contributed by atoms with E-state index in [1.165, 1.54) is 17.7 Å². The van der Waals surface area contributed by atoms with E-state index in [-0.39, 0.29) is 11.9 Å². The molecule has 0 radical (unpaired) electrons. The van der Waals surface area contributed by atoms with E-state index in [4.69, 9.17) is 4.74 Å². The van der Waals surface area contributed by atoms with Gasteiger partial charge in [0.2, 0.25) is 0 Å². The van der Waals surface area contributed by atoms with Gasteiger partial charge < -0.3 is 4.74 Å². The van der Waals surface area contributed by atoms with Crippen LogP contribution in [0.2, 0.25) is 0 Å². The lowest BCUT2D eigenvalue weighted by atomic mass is 10.1. The predicted molar refractivity (Wildman–Crippen MR) is 83.1 cm³/mol. The molecule has 0 aliphatic carbocycles. The van der Waals surface area contributed by atoms with Crippen molar-refractivity contribution in [1.82, 2.24) is 14.7 Å². The number of aryl methyl sites for hydroxylation is 2. The monoisotopic (exact) mass is 303 g/mol. The van der Waals surface area contributed by atoms with E-state index < -0.39 is 0 Å². The van der Waals surface area contributed by atoms with Crippen molar-refractivity contribution in [3.63, 3.8) is 0 Å². The fourth-order valence-electron chi connectivity index (χ4n) is 2.83. The van der Waals surface area contributed by atoms with Crippen molar-refractivity contribution in [1.29, 1.82) is 0 Å². The maximum Gasteiger partial charge on any atom is 0.123 e. The highest BCUT2D eigenvalue weighted by Crippen LogP contribution is 2.22. The molecule has 1 aliphatic heterocycles. The second-order valence-corrected chi connectivity index (χ2v) is 5.85. The molecule has 2 aromatic rings. The van der Waals surface area contributed by atoms with Crippen molar-refractivity contribution < 1.29 is 9.13 Å². The summed E-state index contributed by atoms with van der Waals surface area (Å²) in [7, 11) is 0. The van der Waals surface area contributed by atoms with E-state index >= 15 is 0 Å². The fourth-order valence-corrected chi connectivity index (χ4v) is 2.83. The van der Waals surface area contributed by atoms with Crippen LogP contribution < -0.4 is 0 Å². The molecule has 118 valence electrons. The van der Waals surface area contributed by atoms with Crippen LogP contribution in [0.1, 0.15) is 23.7 Å². The van der Waals surface area contributed by atoms with Gasteiger partial charge in [-0.05, 0) is 36.6 Å². The standard InChI is InChI=1S/C17H22FN3O/c1-14-11-19-21(12-14)8-2-7-20-9-10-22-17(13-20)15-3-5-16(18)6-4-15/h3-6,11-12,17H,2,7-10,13H2,1H3/t17-/m1/s1. The van der Waals surface area contributed by atoms with E-state index in [2.05, 4.69) is 23.1 Å². The molecule has 1 aromatic heterocycles. The molecule has 5 heteroatoms. The maximum absolute atomic E-state index is 13.0. The molecule has 1 atom stereocenters. The topological polar surface area (TPSA) is 30.3 Å². The summed E-state index contributed by atoms with van der Waals surface area (Å²) >= 11 is 0. The largest absolute Gasteiger partial charge is 0.371 e. The van der Waals surface area contributed by atoms with Crippen LogP contribution >= 0.6 is 0 Å². The first-order chi connectivity index (χ1) is 10.7. The summed E-state index contributed by atoms with van der Waals surface area (Å²) in [6, 6.07) is 6.63. The molecule has 2 heterocycles. The van der Waals surface area contributed by atoms with Crippen LogP contribution in [-0.2, 0) is 11.3 Å². The van der Waals surface area contributed by atoms with Crippen molar-refractivity contribution in [2.45, 2.75) is 26.0 Å². The fraction of sp³-hybridized carbons (Fsp3) is 0.471. The van der Waals surface area contributed by atoms with Gasteiger partial charge in [-0.3, -0.25) is 9.58 Å². The van der Waals surface area contributed by atoms with Gasteiger partial charge in [0.05, 0.1) is 18.9 Å². The third kappa shape index (κ3) is 3.93. The zero-order chi connectivity index (χ0) is 15.4. The zero-order valence-electron chi connectivity index (χ0n) is 12.9. The first-order valence-corrected chi connectivity index (χ1v) is 7.79. The molecular weight excluding hydrogens is 281 g/mol. The highest BCUT2D eigenvalue weighted by Gasteiger charge is 2.21. The van der Waals surface area contributed by atoms with Crippen LogP contribution in [0.5, 0.6) is 0 Å². The normalized spacial score (nSPS) is 19.5. The van der Waals surface area contributed by atoms with Gasteiger partial charge in [-0.25, -0.2) is 4.39 Å². The van der Waals surface area contributed by atoms with Crippen LogP contribution in [0.3, 0.4) is 0 Å². The van der Waals surface area contributed by atoms with Crippen LogP contribution in [-0.4, -0.2) is 40.9 Å². The third-order valence-corrected chi connectivity index (χ3v) is 4.02. The predicted octanol–water partition coefficient (Wildman–Crippen LogP) is 2.79. The lowest BCUT2D eigenvalue weighted by Gasteiger charge is -2.33. The Bertz CT molecular complexity index is 596. The molecule has 0 unspecified atom stereocenters. The second-order valence-electron chi connectivity index (χ2n) is 5.85. The molecule has 0 saturated carbocycles. The zero-order valence-corrected chi connectivity index (χ0v) is 12.9. The summed E-state index contributed by atoms with van der Waals surface area (Å²) < 4.78 is 20.8. The Morgan fingerprint density at radius 2 is 2.09 bits per heavy atom. The Kier molecular flexibility index (Phi) is 4.85. The number of halogens is 1. The number of ether oxygens (including phenoxy) is 1. The number of aromatic nitrogens is 2. The highest BCUT2D eigenvalue weighted by molar-refractivity contribution is 5.19. The molecule has 3 rings (SSSR count). The number of hydrogen-bond acceptors (Lipinski definition) is 3. The van der Waals surface area contributed by atoms with Crippen molar-refractivity contribution in [3.8, 4) is 0 Å². The van der Waals surface area contributed by atoms with E-state index in [0.717, 1.165) is 44.8 Å². The number of rotatable bonds is 5. The van der Waals surface area contributed by atoms with Gasteiger partial charge in [0.15, 0.2) is 0 Å². The Morgan fingerprint density at radius 3 is 2.82 bits per heavy atom. The molecule has 0 N–H and O–H groups in total. The summed E-state index contributed by atoms with van der Waals surface area (Å²) in [6.07, 6.45) is 5.07. The first-order valence-electron chi connectivity index (χ1n) is 7.79. The van der Waals surface area contributed by atoms with Crippen molar-refractivity contribution in [2.24, 2.45) is 0 Å². The molecule has 0 bridgehead atoms. The Morgan fingerprint density at radius 1 is 1.27 bits per heavy atom.